The highest BCUT2D eigenvalue weighted by molar-refractivity contribution is 5.28. The van der Waals surface area contributed by atoms with E-state index in [-0.39, 0.29) is 0 Å². The largest absolute Gasteiger partial charge is 0.490 e. The summed E-state index contributed by atoms with van der Waals surface area (Å²) in [6.07, 6.45) is 9.49. The quantitative estimate of drug-likeness (QED) is 0.870. The molecule has 0 saturated heterocycles. The molecule has 0 radical (unpaired) electrons. The van der Waals surface area contributed by atoms with Gasteiger partial charge >= 0.3 is 0 Å². The monoisotopic (exact) mass is 287 g/mol. The zero-order chi connectivity index (χ0) is 14.7. The van der Waals surface area contributed by atoms with Gasteiger partial charge in [0.05, 0.1) is 0 Å². The second kappa shape index (κ2) is 6.39. The third kappa shape index (κ3) is 2.83. The first-order valence-electron chi connectivity index (χ1n) is 8.77. The Labute approximate surface area is 129 Å². The molecule has 2 unspecified atom stereocenters. The van der Waals surface area contributed by atoms with Crippen molar-refractivity contribution in [2.24, 2.45) is 5.41 Å². The topological polar surface area (TPSA) is 21.3 Å². The van der Waals surface area contributed by atoms with Crippen LogP contribution in [0.15, 0.2) is 24.3 Å². The first-order valence-corrected chi connectivity index (χ1v) is 8.77. The molecule has 116 valence electrons. The van der Waals surface area contributed by atoms with Crippen LogP contribution in [0.4, 0.5) is 0 Å². The molecule has 2 heteroatoms. The van der Waals surface area contributed by atoms with Gasteiger partial charge in [-0.1, -0.05) is 45.2 Å². The van der Waals surface area contributed by atoms with Gasteiger partial charge in [-0.05, 0) is 43.5 Å². The van der Waals surface area contributed by atoms with Crippen molar-refractivity contribution in [3.8, 4) is 5.75 Å². The molecule has 0 bridgehead atoms. The van der Waals surface area contributed by atoms with Crippen LogP contribution in [-0.2, 0) is 6.42 Å². The molecule has 2 atom stereocenters. The van der Waals surface area contributed by atoms with E-state index in [1.165, 1.54) is 44.1 Å². The fourth-order valence-corrected chi connectivity index (χ4v) is 4.29. The summed E-state index contributed by atoms with van der Waals surface area (Å²) in [7, 11) is 0. The van der Waals surface area contributed by atoms with Crippen molar-refractivity contribution < 1.29 is 4.74 Å². The average molecular weight is 287 g/mol. The van der Waals surface area contributed by atoms with Gasteiger partial charge in [-0.25, -0.2) is 0 Å². The maximum absolute atomic E-state index is 6.38. The molecule has 0 amide bonds. The normalized spacial score (nSPS) is 27.3. The Kier molecular flexibility index (Phi) is 4.54. The van der Waals surface area contributed by atoms with Gasteiger partial charge in [0, 0.05) is 17.9 Å². The van der Waals surface area contributed by atoms with Crippen LogP contribution in [0.25, 0.3) is 0 Å². The number of hydrogen-bond acceptors (Lipinski definition) is 2. The molecule has 2 fully saturated rings. The van der Waals surface area contributed by atoms with Gasteiger partial charge in [0.2, 0.25) is 0 Å². The lowest BCUT2D eigenvalue weighted by Gasteiger charge is -2.57. The zero-order valence-electron chi connectivity index (χ0n) is 13.5. The standard InChI is InChI=1S/C19H29NO/c1-3-15-8-10-16(11-9-15)21-18-14-17(20-4-2)19(18)12-6-5-7-13-19/h8-11,17-18,20H,3-7,12-14H2,1-2H3. The Balaban J connectivity index is 1.69. The molecule has 0 aliphatic heterocycles. The highest BCUT2D eigenvalue weighted by Crippen LogP contribution is 2.53. The Bertz CT molecular complexity index is 447. The highest BCUT2D eigenvalue weighted by atomic mass is 16.5. The van der Waals surface area contributed by atoms with Crippen LogP contribution in [0, 0.1) is 5.41 Å². The van der Waals surface area contributed by atoms with Crippen molar-refractivity contribution >= 4 is 0 Å². The minimum absolute atomic E-state index is 0.400. The Hall–Kier alpha value is -1.02. The van der Waals surface area contributed by atoms with Crippen LogP contribution >= 0.6 is 0 Å². The van der Waals surface area contributed by atoms with Gasteiger partial charge in [0.1, 0.15) is 11.9 Å². The van der Waals surface area contributed by atoms with Crippen LogP contribution in [0.3, 0.4) is 0 Å². The maximum atomic E-state index is 6.38. The fourth-order valence-electron chi connectivity index (χ4n) is 4.29. The number of nitrogens with one attached hydrogen (secondary N) is 1. The highest BCUT2D eigenvalue weighted by Gasteiger charge is 2.56. The minimum Gasteiger partial charge on any atom is -0.490 e. The second-order valence-corrected chi connectivity index (χ2v) is 6.74. The molecule has 0 heterocycles. The van der Waals surface area contributed by atoms with Gasteiger partial charge in [-0.15, -0.1) is 0 Å². The van der Waals surface area contributed by atoms with Crippen LogP contribution in [0.1, 0.15) is 57.9 Å². The lowest BCUT2D eigenvalue weighted by atomic mass is 9.55. The van der Waals surface area contributed by atoms with Crippen molar-refractivity contribution in [2.45, 2.75) is 70.9 Å². The Morgan fingerprint density at radius 3 is 2.43 bits per heavy atom. The Morgan fingerprint density at radius 2 is 1.81 bits per heavy atom. The van der Waals surface area contributed by atoms with Gasteiger partial charge in [-0.3, -0.25) is 0 Å². The third-order valence-corrected chi connectivity index (χ3v) is 5.63. The molecule has 2 aliphatic rings. The number of rotatable bonds is 5. The van der Waals surface area contributed by atoms with Crippen molar-refractivity contribution in [3.63, 3.8) is 0 Å². The van der Waals surface area contributed by atoms with Crippen LogP contribution in [-0.4, -0.2) is 18.7 Å². The van der Waals surface area contributed by atoms with Gasteiger partial charge < -0.3 is 10.1 Å². The molecule has 2 aliphatic carbocycles. The maximum Gasteiger partial charge on any atom is 0.119 e. The fraction of sp³-hybridized carbons (Fsp3) is 0.684. The first kappa shape index (κ1) is 14.9. The smallest absolute Gasteiger partial charge is 0.119 e. The molecule has 3 rings (SSSR count). The van der Waals surface area contributed by atoms with E-state index in [4.69, 9.17) is 4.74 Å². The molecule has 1 aromatic rings. The van der Waals surface area contributed by atoms with Crippen molar-refractivity contribution in [3.05, 3.63) is 29.8 Å². The number of hydrogen-bond donors (Lipinski definition) is 1. The van der Waals surface area contributed by atoms with Crippen molar-refractivity contribution in [2.75, 3.05) is 6.54 Å². The van der Waals surface area contributed by atoms with Crippen molar-refractivity contribution in [1.29, 1.82) is 0 Å². The summed E-state index contributed by atoms with van der Waals surface area (Å²) in [5, 5.41) is 3.70. The number of ether oxygens (including phenoxy) is 1. The van der Waals surface area contributed by atoms with E-state index in [1.807, 2.05) is 0 Å². The Morgan fingerprint density at radius 1 is 1.10 bits per heavy atom. The van der Waals surface area contributed by atoms with E-state index in [0.29, 0.717) is 17.6 Å². The van der Waals surface area contributed by atoms with Gasteiger partial charge in [0.15, 0.2) is 0 Å². The molecule has 1 aromatic carbocycles. The van der Waals surface area contributed by atoms with Gasteiger partial charge in [0.25, 0.3) is 0 Å². The molecule has 0 aromatic heterocycles. The first-order chi connectivity index (χ1) is 10.3. The van der Waals surface area contributed by atoms with E-state index in [1.54, 1.807) is 0 Å². The van der Waals surface area contributed by atoms with E-state index < -0.39 is 0 Å². The third-order valence-electron chi connectivity index (χ3n) is 5.63. The summed E-state index contributed by atoms with van der Waals surface area (Å²) in [4.78, 5) is 0. The summed E-state index contributed by atoms with van der Waals surface area (Å²) in [5.74, 6) is 1.05. The summed E-state index contributed by atoms with van der Waals surface area (Å²) in [5.41, 5.74) is 1.78. The number of benzene rings is 1. The second-order valence-electron chi connectivity index (χ2n) is 6.74. The average Bonchev–Trinajstić information content (AvgIpc) is 2.55. The van der Waals surface area contributed by atoms with Gasteiger partial charge in [-0.2, -0.15) is 0 Å². The lowest BCUT2D eigenvalue weighted by Crippen LogP contribution is -2.65. The van der Waals surface area contributed by atoms with Crippen LogP contribution in [0.2, 0.25) is 0 Å². The molecule has 2 nitrogen and oxygen atoms in total. The molecule has 1 N–H and O–H groups in total. The predicted molar refractivity (Wildman–Crippen MR) is 87.8 cm³/mol. The SMILES string of the molecule is CCNC1CC(Oc2ccc(CC)cc2)C12CCCCC2. The van der Waals surface area contributed by atoms with E-state index in [9.17, 15) is 0 Å². The van der Waals surface area contributed by atoms with Crippen LogP contribution in [0.5, 0.6) is 5.75 Å². The molecule has 21 heavy (non-hydrogen) atoms. The summed E-state index contributed by atoms with van der Waals surface area (Å²) in [6.45, 7) is 5.48. The van der Waals surface area contributed by atoms with E-state index in [2.05, 4.69) is 43.4 Å². The van der Waals surface area contributed by atoms with E-state index in [0.717, 1.165) is 18.7 Å². The predicted octanol–water partition coefficient (Wildman–Crippen LogP) is 4.33. The molecule has 2 saturated carbocycles. The minimum atomic E-state index is 0.400. The molecule has 1 spiro atoms. The molecular formula is C19H29NO. The summed E-state index contributed by atoms with van der Waals surface area (Å²) >= 11 is 0. The lowest BCUT2D eigenvalue weighted by molar-refractivity contribution is -0.102. The summed E-state index contributed by atoms with van der Waals surface area (Å²) in [6, 6.07) is 9.36. The number of aryl methyl sites for hydroxylation is 1. The zero-order valence-corrected chi connectivity index (χ0v) is 13.5. The van der Waals surface area contributed by atoms with E-state index >= 15 is 0 Å². The van der Waals surface area contributed by atoms with Crippen LogP contribution < -0.4 is 10.1 Å². The molecular weight excluding hydrogens is 258 g/mol. The van der Waals surface area contributed by atoms with Crippen molar-refractivity contribution in [1.82, 2.24) is 5.32 Å². The summed E-state index contributed by atoms with van der Waals surface area (Å²) < 4.78 is 6.38.